The summed E-state index contributed by atoms with van der Waals surface area (Å²) >= 11 is 0. The summed E-state index contributed by atoms with van der Waals surface area (Å²) in [6, 6.07) is 6.28. The van der Waals surface area contributed by atoms with Crippen molar-refractivity contribution < 1.29 is 4.74 Å². The van der Waals surface area contributed by atoms with E-state index in [4.69, 9.17) is 4.74 Å². The summed E-state index contributed by atoms with van der Waals surface area (Å²) < 4.78 is 9.47. The molecule has 0 saturated carbocycles. The van der Waals surface area contributed by atoms with Crippen molar-refractivity contribution in [2.24, 2.45) is 0 Å². The highest BCUT2D eigenvalue weighted by molar-refractivity contribution is 5.70. The van der Waals surface area contributed by atoms with E-state index in [-0.39, 0.29) is 0 Å². The van der Waals surface area contributed by atoms with Crippen LogP contribution in [0.2, 0.25) is 0 Å². The van der Waals surface area contributed by atoms with Gasteiger partial charge in [0, 0.05) is 25.1 Å². The summed E-state index contributed by atoms with van der Waals surface area (Å²) in [5.74, 6) is 7.84. The van der Waals surface area contributed by atoms with Crippen LogP contribution in [0.4, 0.5) is 0 Å². The van der Waals surface area contributed by atoms with Crippen molar-refractivity contribution in [1.29, 1.82) is 0 Å². The zero-order valence-electron chi connectivity index (χ0n) is 16.0. The maximum Gasteiger partial charge on any atom is 0.166 e. The summed E-state index contributed by atoms with van der Waals surface area (Å²) in [4.78, 5) is 12.6. The Morgan fingerprint density at radius 2 is 2.00 bits per heavy atom. The van der Waals surface area contributed by atoms with Gasteiger partial charge in [0.2, 0.25) is 0 Å². The zero-order chi connectivity index (χ0) is 19.8. The van der Waals surface area contributed by atoms with Crippen molar-refractivity contribution in [2.45, 2.75) is 20.1 Å². The lowest BCUT2D eigenvalue weighted by atomic mass is 10.1. The van der Waals surface area contributed by atoms with E-state index >= 15 is 0 Å². The second-order valence-corrected chi connectivity index (χ2v) is 6.77. The molecule has 0 radical (unpaired) electrons. The largest absolute Gasteiger partial charge is 0.377 e. The fourth-order valence-electron chi connectivity index (χ4n) is 3.46. The van der Waals surface area contributed by atoms with Crippen LogP contribution in [-0.4, -0.2) is 41.4 Å². The third-order valence-electron chi connectivity index (χ3n) is 4.81. The Hall–Kier alpha value is -3.83. The van der Waals surface area contributed by atoms with E-state index in [1.165, 1.54) is 6.33 Å². The summed E-state index contributed by atoms with van der Waals surface area (Å²) in [6.07, 6.45) is 6.66. The van der Waals surface area contributed by atoms with Crippen molar-refractivity contribution in [1.82, 2.24) is 34.3 Å². The molecule has 29 heavy (non-hydrogen) atoms. The van der Waals surface area contributed by atoms with Gasteiger partial charge < -0.3 is 9.30 Å². The van der Waals surface area contributed by atoms with Crippen molar-refractivity contribution in [3.05, 3.63) is 71.6 Å². The molecule has 5 rings (SSSR count). The molecule has 1 aliphatic heterocycles. The Balaban J connectivity index is 1.70. The molecule has 0 fully saturated rings. The van der Waals surface area contributed by atoms with Gasteiger partial charge in [-0.05, 0) is 25.0 Å². The highest BCUT2D eigenvalue weighted by Crippen LogP contribution is 2.32. The van der Waals surface area contributed by atoms with Gasteiger partial charge in [-0.25, -0.2) is 15.0 Å². The van der Waals surface area contributed by atoms with Gasteiger partial charge in [-0.1, -0.05) is 17.6 Å². The highest BCUT2D eigenvalue weighted by atomic mass is 16.5. The molecule has 0 saturated heterocycles. The first-order chi connectivity index (χ1) is 14.2. The smallest absolute Gasteiger partial charge is 0.166 e. The van der Waals surface area contributed by atoms with E-state index < -0.39 is 0 Å². The summed E-state index contributed by atoms with van der Waals surface area (Å²) in [7, 11) is 1.65. The highest BCUT2D eigenvalue weighted by Gasteiger charge is 2.25. The van der Waals surface area contributed by atoms with E-state index in [0.29, 0.717) is 18.8 Å². The number of benzene rings is 1. The average Bonchev–Trinajstić information content (AvgIpc) is 3.29. The van der Waals surface area contributed by atoms with E-state index in [0.717, 1.165) is 39.7 Å². The Bertz CT molecular complexity index is 1260. The van der Waals surface area contributed by atoms with Gasteiger partial charge >= 0.3 is 0 Å². The normalized spacial score (nSPS) is 11.7. The fourth-order valence-corrected chi connectivity index (χ4v) is 3.46. The third-order valence-corrected chi connectivity index (χ3v) is 4.81. The minimum Gasteiger partial charge on any atom is -0.377 e. The van der Waals surface area contributed by atoms with E-state index in [1.54, 1.807) is 19.5 Å². The van der Waals surface area contributed by atoms with Gasteiger partial charge in [0.25, 0.3) is 0 Å². The quantitative estimate of drug-likeness (QED) is 0.434. The Morgan fingerprint density at radius 1 is 1.14 bits per heavy atom. The topological polar surface area (TPSA) is 83.5 Å². The van der Waals surface area contributed by atoms with E-state index in [9.17, 15) is 0 Å². The Kier molecular flexibility index (Phi) is 4.15. The lowest BCUT2D eigenvalue weighted by molar-refractivity contribution is 0.174. The number of fused-ring (bicyclic) bond motifs is 5. The molecule has 0 aliphatic carbocycles. The molecule has 0 unspecified atom stereocenters. The second-order valence-electron chi connectivity index (χ2n) is 6.77. The molecule has 0 bridgehead atoms. The van der Waals surface area contributed by atoms with Crippen LogP contribution < -0.4 is 0 Å². The van der Waals surface area contributed by atoms with E-state index in [1.807, 2.05) is 6.33 Å². The van der Waals surface area contributed by atoms with E-state index in [2.05, 4.69) is 71.2 Å². The number of aromatic nitrogens is 7. The molecule has 0 N–H and O–H groups in total. The van der Waals surface area contributed by atoms with Gasteiger partial charge in [-0.2, -0.15) is 0 Å². The van der Waals surface area contributed by atoms with Crippen LogP contribution in [0, 0.1) is 18.8 Å². The van der Waals surface area contributed by atoms with Crippen molar-refractivity contribution in [3.63, 3.8) is 0 Å². The first-order valence-electron chi connectivity index (χ1n) is 9.10. The first-order valence-corrected chi connectivity index (χ1v) is 9.10. The summed E-state index contributed by atoms with van der Waals surface area (Å²) in [5.41, 5.74) is 5.57. The van der Waals surface area contributed by atoms with Gasteiger partial charge in [0.15, 0.2) is 11.6 Å². The molecule has 4 aromatic rings. The number of methoxy groups -OCH3 is 1. The number of aryl methyl sites for hydroxylation is 1. The molecule has 0 amide bonds. The maximum absolute atomic E-state index is 5.32. The zero-order valence-corrected chi connectivity index (χ0v) is 16.0. The van der Waals surface area contributed by atoms with Crippen LogP contribution in [0.3, 0.4) is 0 Å². The fraction of sp³-hybridized carbons (Fsp3) is 0.190. The van der Waals surface area contributed by atoms with Crippen molar-refractivity contribution in [2.75, 3.05) is 7.11 Å². The number of hydrogen-bond donors (Lipinski definition) is 0. The van der Waals surface area contributed by atoms with Gasteiger partial charge in [0.05, 0.1) is 23.5 Å². The molecule has 1 aliphatic rings. The molecule has 0 atom stereocenters. The predicted octanol–water partition coefficient (Wildman–Crippen LogP) is 2.14. The third kappa shape index (κ3) is 2.98. The predicted molar refractivity (Wildman–Crippen MR) is 105 cm³/mol. The number of rotatable bonds is 2. The standard InChI is InChI=1S/C21H17N7O/c1-14-3-6-18-16(7-14)21-26-25-20(11-29-2)27(21)10-19-17(24-13-28(18)19)5-4-15-8-22-12-23-9-15/h3,6-9,12-13H,10-11H2,1-2H3. The molecule has 8 heteroatoms. The maximum atomic E-state index is 5.32. The molecular formula is C21H17N7O. The minimum atomic E-state index is 0.380. The number of nitrogens with zero attached hydrogens (tertiary/aromatic N) is 7. The van der Waals surface area contributed by atoms with Crippen LogP contribution in [-0.2, 0) is 17.9 Å². The SMILES string of the molecule is COCc1nnc2n1Cc1c(C#Cc3cncnc3)ncn1-c1ccc(C)cc1-2. The second kappa shape index (κ2) is 6.96. The lowest BCUT2D eigenvalue weighted by Crippen LogP contribution is -2.09. The molecule has 8 nitrogen and oxygen atoms in total. The summed E-state index contributed by atoms with van der Waals surface area (Å²) in [5, 5.41) is 8.79. The molecule has 0 spiro atoms. The van der Waals surface area contributed by atoms with Crippen LogP contribution in [0.1, 0.15) is 28.3 Å². The van der Waals surface area contributed by atoms with Crippen LogP contribution in [0.15, 0.2) is 43.2 Å². The summed E-state index contributed by atoms with van der Waals surface area (Å²) in [6.45, 7) is 2.99. The van der Waals surface area contributed by atoms with Crippen LogP contribution >= 0.6 is 0 Å². The molecular weight excluding hydrogens is 366 g/mol. The number of ether oxygens (including phenoxy) is 1. The van der Waals surface area contributed by atoms with Gasteiger partial charge in [-0.15, -0.1) is 10.2 Å². The van der Waals surface area contributed by atoms with Gasteiger partial charge in [-0.3, -0.25) is 4.57 Å². The average molecular weight is 383 g/mol. The van der Waals surface area contributed by atoms with Crippen molar-refractivity contribution in [3.8, 4) is 28.9 Å². The molecule has 4 heterocycles. The lowest BCUT2D eigenvalue weighted by Gasteiger charge is -2.08. The van der Waals surface area contributed by atoms with Crippen LogP contribution in [0.5, 0.6) is 0 Å². The monoisotopic (exact) mass is 383 g/mol. The molecule has 1 aromatic carbocycles. The Labute approximate surface area is 167 Å². The van der Waals surface area contributed by atoms with Crippen molar-refractivity contribution >= 4 is 0 Å². The molecule has 3 aromatic heterocycles. The molecule has 142 valence electrons. The van der Waals surface area contributed by atoms with Gasteiger partial charge in [0.1, 0.15) is 25.0 Å². The first kappa shape index (κ1) is 17.3. The Morgan fingerprint density at radius 3 is 2.83 bits per heavy atom. The number of imidazole rings is 1. The number of hydrogen-bond acceptors (Lipinski definition) is 6. The van der Waals surface area contributed by atoms with Crippen LogP contribution in [0.25, 0.3) is 17.1 Å². The minimum absolute atomic E-state index is 0.380.